The number of alkyl halides is 3. The van der Waals surface area contributed by atoms with E-state index in [0.29, 0.717) is 6.42 Å². The second kappa shape index (κ2) is 19.4. The van der Waals surface area contributed by atoms with Gasteiger partial charge in [-0.3, -0.25) is 4.79 Å². The first-order valence-electron chi connectivity index (χ1n) is 13.9. The lowest BCUT2D eigenvalue weighted by molar-refractivity contribution is -0.137. The van der Waals surface area contributed by atoms with Crippen LogP contribution in [-0.2, 0) is 9.53 Å². The molecule has 1 aromatic carbocycles. The molecule has 0 atom stereocenters. The number of carbonyl (C=O) groups excluding carboxylic acids is 1. The molecule has 0 amide bonds. The van der Waals surface area contributed by atoms with Crippen LogP contribution in [0.25, 0.3) is 5.76 Å². The van der Waals surface area contributed by atoms with Crippen molar-refractivity contribution in [3.05, 3.63) is 41.5 Å². The Morgan fingerprint density at radius 2 is 1.11 bits per heavy atom. The first-order valence-corrected chi connectivity index (χ1v) is 13.9. The molecular weight excluding hydrogens is 449 g/mol. The van der Waals surface area contributed by atoms with Gasteiger partial charge in [0, 0.05) is 12.0 Å². The van der Waals surface area contributed by atoms with Crippen LogP contribution >= 0.6 is 0 Å². The number of allylic oxidation sites excluding steroid dienone is 1. The van der Waals surface area contributed by atoms with Gasteiger partial charge in [-0.05, 0) is 13.3 Å². The van der Waals surface area contributed by atoms with Crippen molar-refractivity contribution in [3.63, 3.8) is 0 Å². The van der Waals surface area contributed by atoms with Crippen LogP contribution in [0.1, 0.15) is 134 Å². The molecule has 0 saturated carbocycles. The summed E-state index contributed by atoms with van der Waals surface area (Å²) in [5, 5.41) is 0. The lowest BCUT2D eigenvalue weighted by atomic mass is 10.0. The molecule has 200 valence electrons. The van der Waals surface area contributed by atoms with Crippen molar-refractivity contribution in [2.24, 2.45) is 0 Å². The maximum atomic E-state index is 12.9. The van der Waals surface area contributed by atoms with Crippen molar-refractivity contribution in [1.82, 2.24) is 0 Å². The minimum atomic E-state index is -4.55. The van der Waals surface area contributed by atoms with Crippen LogP contribution in [0.15, 0.2) is 30.3 Å². The number of aryl methyl sites for hydroxylation is 1. The van der Waals surface area contributed by atoms with Crippen molar-refractivity contribution in [2.45, 2.75) is 136 Å². The van der Waals surface area contributed by atoms with Gasteiger partial charge in [0.25, 0.3) is 0 Å². The average Bonchev–Trinajstić information content (AvgIpc) is 2.80. The van der Waals surface area contributed by atoms with Crippen LogP contribution in [0.3, 0.4) is 0 Å². The van der Waals surface area contributed by atoms with Gasteiger partial charge in [-0.1, -0.05) is 139 Å². The van der Waals surface area contributed by atoms with E-state index in [9.17, 15) is 18.0 Å². The molecule has 0 aromatic heterocycles. The lowest BCUT2D eigenvalue weighted by Gasteiger charge is -2.11. The van der Waals surface area contributed by atoms with Gasteiger partial charge in [0.15, 0.2) is 0 Å². The number of rotatable bonds is 20. The highest BCUT2D eigenvalue weighted by molar-refractivity contribution is 5.78. The van der Waals surface area contributed by atoms with E-state index in [1.165, 1.54) is 95.6 Å². The lowest BCUT2D eigenvalue weighted by Crippen LogP contribution is -2.09. The number of halogens is 3. The summed E-state index contributed by atoms with van der Waals surface area (Å²) in [5.41, 5.74) is 1.18. The van der Waals surface area contributed by atoms with Gasteiger partial charge >= 0.3 is 12.1 Å². The van der Waals surface area contributed by atoms with Crippen molar-refractivity contribution in [1.29, 1.82) is 0 Å². The summed E-state index contributed by atoms with van der Waals surface area (Å²) in [4.78, 5) is 12.1. The van der Waals surface area contributed by atoms with E-state index in [4.69, 9.17) is 4.74 Å². The number of carbonyl (C=O) groups is 1. The molecule has 0 saturated heterocycles. The number of benzene rings is 1. The highest BCUT2D eigenvalue weighted by atomic mass is 19.4. The van der Waals surface area contributed by atoms with E-state index in [1.807, 2.05) is 6.92 Å². The summed E-state index contributed by atoms with van der Waals surface area (Å²) in [6.45, 7) is 4.11. The van der Waals surface area contributed by atoms with Crippen LogP contribution in [0.4, 0.5) is 13.2 Å². The van der Waals surface area contributed by atoms with Crippen LogP contribution in [0, 0.1) is 6.92 Å². The summed E-state index contributed by atoms with van der Waals surface area (Å²) in [6, 6.07) is 6.47. The van der Waals surface area contributed by atoms with Gasteiger partial charge in [-0.15, -0.1) is 0 Å². The molecule has 2 nitrogen and oxygen atoms in total. The normalized spacial score (nSPS) is 12.2. The molecule has 1 aromatic rings. The minimum Gasteiger partial charge on any atom is -0.426 e. The van der Waals surface area contributed by atoms with E-state index in [-0.39, 0.29) is 18.1 Å². The van der Waals surface area contributed by atoms with Gasteiger partial charge in [0.1, 0.15) is 5.76 Å². The number of hydrogen-bond acceptors (Lipinski definition) is 2. The highest BCUT2D eigenvalue weighted by Crippen LogP contribution is 2.26. The molecule has 0 unspecified atom stereocenters. The van der Waals surface area contributed by atoms with E-state index in [0.717, 1.165) is 24.8 Å². The minimum absolute atomic E-state index is 0.0597. The van der Waals surface area contributed by atoms with E-state index in [2.05, 4.69) is 6.92 Å². The Hall–Kier alpha value is -1.78. The third kappa shape index (κ3) is 18.2. The maximum absolute atomic E-state index is 12.9. The SMILES string of the molecule is CCCCCCCCCCCCCCCCCCCC(=O)O/C(=C/C(F)(F)F)c1ccc(C)cc1. The Labute approximate surface area is 211 Å². The standard InChI is InChI=1S/C30H47F3O2/c1-3-4-5-6-7-8-9-10-11-12-13-14-15-16-17-18-19-20-29(34)35-28(25-30(31,32)33)27-23-21-26(2)22-24-27/h21-25H,3-20H2,1-2H3/b28-25+. The summed E-state index contributed by atoms with van der Waals surface area (Å²) < 4.78 is 43.7. The second-order valence-corrected chi connectivity index (χ2v) is 9.80. The monoisotopic (exact) mass is 496 g/mol. The Kier molecular flexibility index (Phi) is 17.3. The van der Waals surface area contributed by atoms with Gasteiger partial charge in [0.2, 0.25) is 0 Å². The summed E-state index contributed by atoms with van der Waals surface area (Å²) >= 11 is 0. The first kappa shape index (κ1) is 31.3. The van der Waals surface area contributed by atoms with Crippen LogP contribution < -0.4 is 0 Å². The Bertz CT molecular complexity index is 693. The fourth-order valence-corrected chi connectivity index (χ4v) is 4.21. The molecule has 0 aliphatic heterocycles. The highest BCUT2D eigenvalue weighted by Gasteiger charge is 2.27. The molecule has 1 rings (SSSR count). The van der Waals surface area contributed by atoms with E-state index >= 15 is 0 Å². The molecule has 0 fully saturated rings. The van der Waals surface area contributed by atoms with Gasteiger partial charge in [-0.2, -0.15) is 13.2 Å². The Morgan fingerprint density at radius 3 is 1.51 bits per heavy atom. The zero-order valence-electron chi connectivity index (χ0n) is 22.1. The van der Waals surface area contributed by atoms with Gasteiger partial charge in [0.05, 0.1) is 6.08 Å². The topological polar surface area (TPSA) is 26.3 Å². The third-order valence-corrected chi connectivity index (χ3v) is 6.34. The Balaban J connectivity index is 2.05. The molecule has 35 heavy (non-hydrogen) atoms. The van der Waals surface area contributed by atoms with Crippen molar-refractivity contribution in [2.75, 3.05) is 0 Å². The zero-order chi connectivity index (χ0) is 25.8. The third-order valence-electron chi connectivity index (χ3n) is 6.34. The predicted molar refractivity (Wildman–Crippen MR) is 140 cm³/mol. The maximum Gasteiger partial charge on any atom is 0.413 e. The fourth-order valence-electron chi connectivity index (χ4n) is 4.21. The molecule has 0 aliphatic carbocycles. The number of esters is 1. The number of unbranched alkanes of at least 4 members (excludes halogenated alkanes) is 16. The molecule has 5 heteroatoms. The van der Waals surface area contributed by atoms with Gasteiger partial charge in [-0.25, -0.2) is 0 Å². The van der Waals surface area contributed by atoms with E-state index in [1.54, 1.807) is 12.1 Å². The van der Waals surface area contributed by atoms with E-state index < -0.39 is 17.9 Å². The second-order valence-electron chi connectivity index (χ2n) is 9.80. The largest absolute Gasteiger partial charge is 0.426 e. The van der Waals surface area contributed by atoms with Crippen molar-refractivity contribution in [3.8, 4) is 0 Å². The molecule has 0 spiro atoms. The quantitative estimate of drug-likeness (QED) is 0.102. The smallest absolute Gasteiger partial charge is 0.413 e. The van der Waals surface area contributed by atoms with Crippen molar-refractivity contribution >= 4 is 11.7 Å². The zero-order valence-corrected chi connectivity index (χ0v) is 22.1. The first-order chi connectivity index (χ1) is 16.8. The van der Waals surface area contributed by atoms with Crippen LogP contribution in [0.2, 0.25) is 0 Å². The number of hydrogen-bond donors (Lipinski definition) is 0. The average molecular weight is 497 g/mol. The van der Waals surface area contributed by atoms with Gasteiger partial charge < -0.3 is 4.74 Å². The molecule has 0 N–H and O–H groups in total. The van der Waals surface area contributed by atoms with Crippen molar-refractivity contribution < 1.29 is 22.7 Å². The summed E-state index contributed by atoms with van der Waals surface area (Å²) in [6.07, 6.45) is 16.9. The molecular formula is C30H47F3O2. The van der Waals surface area contributed by atoms with Crippen LogP contribution in [-0.4, -0.2) is 12.1 Å². The molecule has 0 bridgehead atoms. The predicted octanol–water partition coefficient (Wildman–Crippen LogP) is 10.5. The summed E-state index contributed by atoms with van der Waals surface area (Å²) in [5.74, 6) is -1.04. The number of ether oxygens (including phenoxy) is 1. The summed E-state index contributed by atoms with van der Waals surface area (Å²) in [7, 11) is 0. The molecule has 0 heterocycles. The molecule has 0 radical (unpaired) electrons. The fraction of sp³-hybridized carbons (Fsp3) is 0.700. The Morgan fingerprint density at radius 1 is 0.714 bits per heavy atom. The molecule has 0 aliphatic rings. The van der Waals surface area contributed by atoms with Crippen LogP contribution in [0.5, 0.6) is 0 Å².